The molecule has 0 saturated carbocycles. The highest BCUT2D eigenvalue weighted by Crippen LogP contribution is 2.32. The third-order valence-electron chi connectivity index (χ3n) is 6.06. The zero-order chi connectivity index (χ0) is 22.8. The van der Waals surface area contributed by atoms with E-state index in [4.69, 9.17) is 13.7 Å². The summed E-state index contributed by atoms with van der Waals surface area (Å²) in [7, 11) is 0. The van der Waals surface area contributed by atoms with Gasteiger partial charge in [0.05, 0.1) is 12.7 Å². The third-order valence-corrected chi connectivity index (χ3v) is 6.06. The summed E-state index contributed by atoms with van der Waals surface area (Å²) in [4.78, 5) is 19.8. The predicted octanol–water partition coefficient (Wildman–Crippen LogP) is 5.43. The molecule has 0 unspecified atom stereocenters. The van der Waals surface area contributed by atoms with Gasteiger partial charge in [0.2, 0.25) is 11.7 Å². The van der Waals surface area contributed by atoms with Gasteiger partial charge in [-0.2, -0.15) is 4.98 Å². The van der Waals surface area contributed by atoms with Crippen molar-refractivity contribution in [3.63, 3.8) is 0 Å². The molecule has 0 spiro atoms. The van der Waals surface area contributed by atoms with Crippen molar-refractivity contribution in [1.29, 1.82) is 0 Å². The average molecular weight is 446 g/mol. The maximum Gasteiger partial charge on any atom is 0.289 e. The highest BCUT2D eigenvalue weighted by molar-refractivity contribution is 5.99. The molecule has 0 bridgehead atoms. The summed E-state index contributed by atoms with van der Waals surface area (Å²) in [6.45, 7) is 5.52. The van der Waals surface area contributed by atoms with Crippen molar-refractivity contribution in [2.75, 3.05) is 13.1 Å². The van der Waals surface area contributed by atoms with Gasteiger partial charge in [-0.3, -0.25) is 4.79 Å². The second kappa shape index (κ2) is 9.19. The first-order valence-corrected chi connectivity index (χ1v) is 11.4. The van der Waals surface area contributed by atoms with Gasteiger partial charge in [0, 0.05) is 35.5 Å². The molecule has 0 N–H and O–H groups in total. The van der Waals surface area contributed by atoms with Gasteiger partial charge in [0.1, 0.15) is 5.58 Å². The number of fused-ring (bicyclic) bond motifs is 1. The largest absolute Gasteiger partial charge is 0.451 e. The number of nitrogens with zero attached hydrogens (tertiary/aromatic N) is 3. The van der Waals surface area contributed by atoms with Gasteiger partial charge in [0.25, 0.3) is 5.91 Å². The highest BCUT2D eigenvalue weighted by Gasteiger charge is 2.31. The first-order chi connectivity index (χ1) is 16.1. The molecule has 0 aliphatic carbocycles. The second-order valence-corrected chi connectivity index (χ2v) is 8.65. The van der Waals surface area contributed by atoms with Crippen LogP contribution in [0.5, 0.6) is 0 Å². The van der Waals surface area contributed by atoms with Crippen LogP contribution in [-0.4, -0.2) is 40.1 Å². The van der Waals surface area contributed by atoms with Crippen molar-refractivity contribution in [3.8, 4) is 11.4 Å². The minimum absolute atomic E-state index is 0.0625. The highest BCUT2D eigenvalue weighted by atomic mass is 16.5. The molecule has 7 heteroatoms. The Bertz CT molecular complexity index is 1240. The van der Waals surface area contributed by atoms with Crippen LogP contribution in [0.25, 0.3) is 22.4 Å². The van der Waals surface area contributed by atoms with Crippen LogP contribution in [0.2, 0.25) is 0 Å². The van der Waals surface area contributed by atoms with E-state index >= 15 is 0 Å². The number of likely N-dealkylation sites (tertiary alicyclic amines) is 1. The molecule has 7 nitrogen and oxygen atoms in total. The molecule has 1 saturated heterocycles. The molecule has 2 aromatic heterocycles. The number of hydrogen-bond acceptors (Lipinski definition) is 6. The van der Waals surface area contributed by atoms with Crippen LogP contribution in [-0.2, 0) is 11.3 Å². The summed E-state index contributed by atoms with van der Waals surface area (Å²) in [5, 5.41) is 5.06. The SMILES string of the molecule is CC(C)OCc1c(C(=O)N2CCC(c3nc(-c4ccccc4)no3)CC2)oc2ccccc12. The van der Waals surface area contributed by atoms with Gasteiger partial charge in [-0.1, -0.05) is 53.7 Å². The monoisotopic (exact) mass is 445 g/mol. The van der Waals surface area contributed by atoms with E-state index in [9.17, 15) is 4.79 Å². The van der Waals surface area contributed by atoms with E-state index in [2.05, 4.69) is 10.1 Å². The van der Waals surface area contributed by atoms with Gasteiger partial charge in [0.15, 0.2) is 5.76 Å². The number of piperidine rings is 1. The lowest BCUT2D eigenvalue weighted by Crippen LogP contribution is -2.38. The van der Waals surface area contributed by atoms with E-state index in [1.165, 1.54) is 0 Å². The van der Waals surface area contributed by atoms with Crippen molar-refractivity contribution in [3.05, 3.63) is 71.8 Å². The summed E-state index contributed by atoms with van der Waals surface area (Å²) in [6, 6.07) is 17.5. The van der Waals surface area contributed by atoms with E-state index in [1.54, 1.807) is 0 Å². The van der Waals surface area contributed by atoms with Crippen molar-refractivity contribution in [2.24, 2.45) is 0 Å². The van der Waals surface area contributed by atoms with Crippen molar-refractivity contribution in [2.45, 2.75) is 45.3 Å². The van der Waals surface area contributed by atoms with Crippen LogP contribution in [0.4, 0.5) is 0 Å². The molecule has 0 atom stereocenters. The Labute approximate surface area is 192 Å². The first kappa shape index (κ1) is 21.4. The fourth-order valence-corrected chi connectivity index (χ4v) is 4.24. The van der Waals surface area contributed by atoms with E-state index in [0.29, 0.717) is 42.8 Å². The van der Waals surface area contributed by atoms with E-state index in [0.717, 1.165) is 29.4 Å². The van der Waals surface area contributed by atoms with E-state index < -0.39 is 0 Å². The Hall–Kier alpha value is -3.45. The molecule has 170 valence electrons. The maximum absolute atomic E-state index is 13.4. The Balaban J connectivity index is 1.30. The molecular formula is C26H27N3O4. The Morgan fingerprint density at radius 2 is 1.82 bits per heavy atom. The number of rotatable bonds is 6. The number of carbonyl (C=O) groups excluding carboxylic acids is 1. The van der Waals surface area contributed by atoms with Gasteiger partial charge < -0.3 is 18.6 Å². The molecule has 1 amide bonds. The van der Waals surface area contributed by atoms with Crippen LogP contribution < -0.4 is 0 Å². The zero-order valence-corrected chi connectivity index (χ0v) is 18.9. The third kappa shape index (κ3) is 4.41. The van der Waals surface area contributed by atoms with Crippen LogP contribution >= 0.6 is 0 Å². The van der Waals surface area contributed by atoms with E-state index in [1.807, 2.05) is 73.3 Å². The lowest BCUT2D eigenvalue weighted by Gasteiger charge is -2.30. The minimum atomic E-state index is -0.0949. The topological polar surface area (TPSA) is 81.6 Å². The van der Waals surface area contributed by atoms with Gasteiger partial charge in [-0.05, 0) is 32.8 Å². The van der Waals surface area contributed by atoms with Gasteiger partial charge >= 0.3 is 0 Å². The molecule has 4 aromatic rings. The lowest BCUT2D eigenvalue weighted by atomic mass is 9.96. The van der Waals surface area contributed by atoms with Crippen LogP contribution in [0.1, 0.15) is 54.6 Å². The quantitative estimate of drug-likeness (QED) is 0.394. The van der Waals surface area contributed by atoms with E-state index in [-0.39, 0.29) is 17.9 Å². The summed E-state index contributed by atoms with van der Waals surface area (Å²) in [5.41, 5.74) is 2.45. The Morgan fingerprint density at radius 1 is 1.09 bits per heavy atom. The molecule has 0 radical (unpaired) electrons. The fraction of sp³-hybridized carbons (Fsp3) is 0.346. The first-order valence-electron chi connectivity index (χ1n) is 11.4. The summed E-state index contributed by atoms with van der Waals surface area (Å²) < 4.78 is 17.4. The number of hydrogen-bond donors (Lipinski definition) is 0. The molecule has 2 aromatic carbocycles. The molecular weight excluding hydrogens is 418 g/mol. The zero-order valence-electron chi connectivity index (χ0n) is 18.9. The van der Waals surface area contributed by atoms with Crippen molar-refractivity contribution >= 4 is 16.9 Å². The van der Waals surface area contributed by atoms with Crippen LogP contribution in [0.15, 0.2) is 63.5 Å². The van der Waals surface area contributed by atoms with Crippen molar-refractivity contribution < 1.29 is 18.5 Å². The molecule has 1 aliphatic rings. The van der Waals surface area contributed by atoms with Crippen LogP contribution in [0, 0.1) is 0 Å². The molecule has 5 rings (SSSR count). The minimum Gasteiger partial charge on any atom is -0.451 e. The maximum atomic E-state index is 13.4. The van der Waals surface area contributed by atoms with Gasteiger partial charge in [-0.15, -0.1) is 0 Å². The smallest absolute Gasteiger partial charge is 0.289 e. The number of furan rings is 1. The number of ether oxygens (including phenoxy) is 1. The van der Waals surface area contributed by atoms with Crippen molar-refractivity contribution in [1.82, 2.24) is 15.0 Å². The Kier molecular flexibility index (Phi) is 5.96. The summed E-state index contributed by atoms with van der Waals surface area (Å²) in [6.07, 6.45) is 1.59. The predicted molar refractivity (Wildman–Crippen MR) is 124 cm³/mol. The van der Waals surface area contributed by atoms with Crippen LogP contribution in [0.3, 0.4) is 0 Å². The lowest BCUT2D eigenvalue weighted by molar-refractivity contribution is 0.0592. The summed E-state index contributed by atoms with van der Waals surface area (Å²) >= 11 is 0. The fourth-order valence-electron chi connectivity index (χ4n) is 4.24. The average Bonchev–Trinajstić information content (AvgIpc) is 3.48. The number of para-hydroxylation sites is 1. The molecule has 3 heterocycles. The van der Waals surface area contributed by atoms with Gasteiger partial charge in [-0.25, -0.2) is 0 Å². The standard InChI is InChI=1S/C26H27N3O4/c1-17(2)31-16-21-20-10-6-7-11-22(20)32-23(21)26(30)29-14-12-19(13-15-29)25-27-24(28-33-25)18-8-4-3-5-9-18/h3-11,17,19H,12-16H2,1-2H3. The number of benzene rings is 2. The number of amides is 1. The Morgan fingerprint density at radius 3 is 2.58 bits per heavy atom. The molecule has 1 aliphatic heterocycles. The number of aromatic nitrogens is 2. The number of carbonyl (C=O) groups is 1. The summed E-state index contributed by atoms with van der Waals surface area (Å²) in [5.74, 6) is 1.65. The second-order valence-electron chi connectivity index (χ2n) is 8.65. The molecule has 1 fully saturated rings. The normalized spacial score (nSPS) is 14.9. The molecule has 33 heavy (non-hydrogen) atoms.